The summed E-state index contributed by atoms with van der Waals surface area (Å²) in [6.07, 6.45) is 2.65. The molecule has 5 rings (SSSR count). The van der Waals surface area contributed by atoms with Crippen molar-refractivity contribution in [2.24, 2.45) is 0 Å². The average Bonchev–Trinajstić information content (AvgIpc) is 2.73. The van der Waals surface area contributed by atoms with Gasteiger partial charge >= 0.3 is 0 Å². The van der Waals surface area contributed by atoms with Crippen molar-refractivity contribution >= 4 is 17.0 Å². The lowest BCUT2D eigenvalue weighted by Gasteiger charge is -2.29. The van der Waals surface area contributed by atoms with Gasteiger partial charge in [0.2, 0.25) is 5.95 Å². The molecule has 0 bridgehead atoms. The van der Waals surface area contributed by atoms with E-state index in [0.717, 1.165) is 30.6 Å². The van der Waals surface area contributed by atoms with Crippen molar-refractivity contribution in [3.05, 3.63) is 88.3 Å². The fourth-order valence-electron chi connectivity index (χ4n) is 3.74. The third kappa shape index (κ3) is 2.77. The van der Waals surface area contributed by atoms with Crippen molar-refractivity contribution in [2.75, 3.05) is 11.4 Å². The number of nitrogens with zero attached hydrogens (tertiary/aromatic N) is 3. The molecule has 0 spiro atoms. The minimum absolute atomic E-state index is 0.152. The summed E-state index contributed by atoms with van der Waals surface area (Å²) in [5.41, 5.74) is 4.80. The van der Waals surface area contributed by atoms with Crippen molar-refractivity contribution in [3.8, 4) is 11.1 Å². The second kappa shape index (κ2) is 6.36. The van der Waals surface area contributed by atoms with Gasteiger partial charge in [-0.2, -0.15) is 4.98 Å². The number of hydrogen-bond donors (Lipinski definition) is 1. The summed E-state index contributed by atoms with van der Waals surface area (Å²) in [7, 11) is 0. The Labute approximate surface area is 156 Å². The number of hydrogen-bond acceptors (Lipinski definition) is 4. The minimum Gasteiger partial charge on any atom is -0.338 e. The lowest BCUT2D eigenvalue weighted by molar-refractivity contribution is 0.708. The Morgan fingerprint density at radius 3 is 2.56 bits per heavy atom. The molecule has 1 aliphatic rings. The molecule has 3 heterocycles. The summed E-state index contributed by atoms with van der Waals surface area (Å²) in [5.74, 6) is 0.583. The molecule has 4 aromatic rings. The number of rotatable bonds is 2. The first kappa shape index (κ1) is 15.8. The van der Waals surface area contributed by atoms with Crippen LogP contribution in [0.4, 0.5) is 5.95 Å². The lowest BCUT2D eigenvalue weighted by atomic mass is 10.0. The molecule has 0 saturated carbocycles. The van der Waals surface area contributed by atoms with Crippen LogP contribution >= 0.6 is 0 Å². The zero-order valence-corrected chi connectivity index (χ0v) is 14.7. The van der Waals surface area contributed by atoms with Crippen molar-refractivity contribution < 1.29 is 0 Å². The Balaban J connectivity index is 1.60. The summed E-state index contributed by atoms with van der Waals surface area (Å²) >= 11 is 0. The number of benzene rings is 2. The lowest BCUT2D eigenvalue weighted by Crippen LogP contribution is -2.33. The van der Waals surface area contributed by atoms with Gasteiger partial charge in [-0.1, -0.05) is 54.6 Å². The van der Waals surface area contributed by atoms with E-state index in [1.807, 2.05) is 42.5 Å². The maximum Gasteiger partial charge on any atom is 0.262 e. The van der Waals surface area contributed by atoms with Crippen molar-refractivity contribution in [1.82, 2.24) is 15.0 Å². The fraction of sp³-hybridized carbons (Fsp3) is 0.136. The maximum atomic E-state index is 12.9. The molecule has 0 radical (unpaired) electrons. The SMILES string of the molecule is O=c1[nH]c(N2CCc3ccccc3C2)nc2nccc(-c3ccccc3)c12. The molecular weight excluding hydrogens is 336 g/mol. The average molecular weight is 354 g/mol. The first-order chi connectivity index (χ1) is 13.3. The third-order valence-corrected chi connectivity index (χ3v) is 5.11. The van der Waals surface area contributed by atoms with E-state index in [1.54, 1.807) is 6.20 Å². The van der Waals surface area contributed by atoms with Crippen LogP contribution in [-0.4, -0.2) is 21.5 Å². The largest absolute Gasteiger partial charge is 0.338 e. The predicted molar refractivity (Wildman–Crippen MR) is 107 cm³/mol. The van der Waals surface area contributed by atoms with Crippen LogP contribution in [0.2, 0.25) is 0 Å². The topological polar surface area (TPSA) is 61.9 Å². The minimum atomic E-state index is -0.152. The molecule has 0 amide bonds. The quantitative estimate of drug-likeness (QED) is 0.598. The Bertz CT molecular complexity index is 1180. The molecule has 5 heteroatoms. The van der Waals surface area contributed by atoms with Crippen LogP contribution in [0.25, 0.3) is 22.2 Å². The Morgan fingerprint density at radius 1 is 0.926 bits per heavy atom. The van der Waals surface area contributed by atoms with Crippen molar-refractivity contribution in [3.63, 3.8) is 0 Å². The standard InChI is InChI=1S/C22H18N4O/c27-21-19-18(16-7-2-1-3-8-16)10-12-23-20(19)24-22(25-21)26-13-11-15-6-4-5-9-17(15)14-26/h1-10,12H,11,13-14H2,(H,23,24,25,27). The van der Waals surface area contributed by atoms with E-state index >= 15 is 0 Å². The van der Waals surface area contributed by atoms with E-state index in [9.17, 15) is 4.79 Å². The smallest absolute Gasteiger partial charge is 0.262 e. The van der Waals surface area contributed by atoms with Gasteiger partial charge in [0.05, 0.1) is 5.39 Å². The number of aromatic nitrogens is 3. The van der Waals surface area contributed by atoms with Crippen LogP contribution < -0.4 is 10.5 Å². The first-order valence-corrected chi connectivity index (χ1v) is 9.06. The number of H-pyrrole nitrogens is 1. The monoisotopic (exact) mass is 354 g/mol. The van der Waals surface area contributed by atoms with Crippen LogP contribution in [0.3, 0.4) is 0 Å². The number of nitrogens with one attached hydrogen (secondary N) is 1. The molecule has 0 unspecified atom stereocenters. The zero-order chi connectivity index (χ0) is 18.2. The van der Waals surface area contributed by atoms with Crippen LogP contribution in [0.15, 0.2) is 71.7 Å². The fourth-order valence-corrected chi connectivity index (χ4v) is 3.74. The highest BCUT2D eigenvalue weighted by atomic mass is 16.1. The molecule has 2 aromatic carbocycles. The molecule has 27 heavy (non-hydrogen) atoms. The molecule has 0 fully saturated rings. The van der Waals surface area contributed by atoms with Crippen LogP contribution in [-0.2, 0) is 13.0 Å². The first-order valence-electron chi connectivity index (χ1n) is 9.06. The Hall–Kier alpha value is -3.47. The maximum absolute atomic E-state index is 12.9. The van der Waals surface area contributed by atoms with Crippen LogP contribution in [0.1, 0.15) is 11.1 Å². The second-order valence-electron chi connectivity index (χ2n) is 6.75. The van der Waals surface area contributed by atoms with E-state index < -0.39 is 0 Å². The van der Waals surface area contributed by atoms with Crippen LogP contribution in [0, 0.1) is 0 Å². The zero-order valence-electron chi connectivity index (χ0n) is 14.7. The molecule has 1 N–H and O–H groups in total. The summed E-state index contributed by atoms with van der Waals surface area (Å²) in [5, 5.41) is 0.532. The molecule has 2 aromatic heterocycles. The molecule has 132 valence electrons. The van der Waals surface area contributed by atoms with E-state index in [2.05, 4.69) is 38.1 Å². The predicted octanol–water partition coefficient (Wildman–Crippen LogP) is 3.55. The molecule has 1 aliphatic heterocycles. The van der Waals surface area contributed by atoms with E-state index in [1.165, 1.54) is 11.1 Å². The summed E-state index contributed by atoms with van der Waals surface area (Å²) in [4.78, 5) is 27.1. The van der Waals surface area contributed by atoms with E-state index in [4.69, 9.17) is 0 Å². The highest BCUT2D eigenvalue weighted by Gasteiger charge is 2.19. The van der Waals surface area contributed by atoms with Crippen molar-refractivity contribution in [2.45, 2.75) is 13.0 Å². The number of anilines is 1. The molecule has 0 aliphatic carbocycles. The summed E-state index contributed by atoms with van der Waals surface area (Å²) in [6, 6.07) is 20.1. The Morgan fingerprint density at radius 2 is 1.70 bits per heavy atom. The summed E-state index contributed by atoms with van der Waals surface area (Å²) in [6.45, 7) is 1.56. The van der Waals surface area contributed by atoms with Crippen LogP contribution in [0.5, 0.6) is 0 Å². The molecule has 5 nitrogen and oxygen atoms in total. The van der Waals surface area contributed by atoms with Gasteiger partial charge in [0.15, 0.2) is 5.65 Å². The van der Waals surface area contributed by atoms with E-state index in [0.29, 0.717) is 17.0 Å². The second-order valence-corrected chi connectivity index (χ2v) is 6.75. The highest BCUT2D eigenvalue weighted by molar-refractivity contribution is 5.92. The highest BCUT2D eigenvalue weighted by Crippen LogP contribution is 2.26. The number of pyridine rings is 1. The number of aromatic amines is 1. The normalized spacial score (nSPS) is 13.6. The van der Waals surface area contributed by atoms with Gasteiger partial charge in [-0.3, -0.25) is 9.78 Å². The van der Waals surface area contributed by atoms with Gasteiger partial charge in [0.1, 0.15) is 0 Å². The molecule has 0 saturated heterocycles. The third-order valence-electron chi connectivity index (χ3n) is 5.11. The van der Waals surface area contributed by atoms with Gasteiger partial charge in [0.25, 0.3) is 5.56 Å². The van der Waals surface area contributed by atoms with Gasteiger partial charge in [0, 0.05) is 19.3 Å². The summed E-state index contributed by atoms with van der Waals surface area (Å²) < 4.78 is 0. The van der Waals surface area contributed by atoms with E-state index in [-0.39, 0.29) is 5.56 Å². The van der Waals surface area contributed by atoms with Gasteiger partial charge in [-0.05, 0) is 34.7 Å². The molecule has 0 atom stereocenters. The number of fused-ring (bicyclic) bond motifs is 2. The van der Waals surface area contributed by atoms with Gasteiger partial charge in [-0.25, -0.2) is 4.98 Å². The molecular formula is C22H18N4O. The van der Waals surface area contributed by atoms with Gasteiger partial charge < -0.3 is 4.90 Å². The Kier molecular flexibility index (Phi) is 3.71. The van der Waals surface area contributed by atoms with Gasteiger partial charge in [-0.15, -0.1) is 0 Å². The van der Waals surface area contributed by atoms with Crippen molar-refractivity contribution in [1.29, 1.82) is 0 Å².